The van der Waals surface area contributed by atoms with E-state index in [0.717, 1.165) is 0 Å². The SMILES string of the molecule is CCc1cc(S(N)(=O)=O)c(CC)cc1C#N. The normalized spacial score (nSPS) is 11.1. The lowest BCUT2D eigenvalue weighted by atomic mass is 10.0. The molecule has 0 fully saturated rings. The molecule has 0 amide bonds. The van der Waals surface area contributed by atoms with Crippen molar-refractivity contribution >= 4 is 10.0 Å². The van der Waals surface area contributed by atoms with Gasteiger partial charge in [0.25, 0.3) is 0 Å². The Hall–Kier alpha value is -1.38. The summed E-state index contributed by atoms with van der Waals surface area (Å²) in [6.45, 7) is 3.70. The molecular weight excluding hydrogens is 224 g/mol. The minimum Gasteiger partial charge on any atom is -0.225 e. The molecule has 0 aliphatic heterocycles. The number of aryl methyl sites for hydroxylation is 2. The highest BCUT2D eigenvalue weighted by atomic mass is 32.2. The van der Waals surface area contributed by atoms with Gasteiger partial charge in [-0.2, -0.15) is 5.26 Å². The van der Waals surface area contributed by atoms with Crippen molar-refractivity contribution in [1.82, 2.24) is 0 Å². The fourth-order valence-corrected chi connectivity index (χ4v) is 2.48. The highest BCUT2D eigenvalue weighted by Crippen LogP contribution is 2.21. The molecule has 0 radical (unpaired) electrons. The Balaban J connectivity index is 3.58. The molecule has 1 aromatic carbocycles. The smallest absolute Gasteiger partial charge is 0.225 e. The largest absolute Gasteiger partial charge is 0.238 e. The Morgan fingerprint density at radius 2 is 1.81 bits per heavy atom. The number of primary sulfonamides is 1. The second-order valence-corrected chi connectivity index (χ2v) is 5.01. The first-order valence-corrected chi connectivity index (χ1v) is 6.57. The number of hydrogen-bond donors (Lipinski definition) is 1. The van der Waals surface area contributed by atoms with E-state index in [1.807, 2.05) is 13.8 Å². The summed E-state index contributed by atoms with van der Waals surface area (Å²) in [5, 5.41) is 14.1. The van der Waals surface area contributed by atoms with Crippen LogP contribution in [0.15, 0.2) is 17.0 Å². The molecule has 0 aliphatic rings. The zero-order valence-corrected chi connectivity index (χ0v) is 10.1. The second-order valence-electron chi connectivity index (χ2n) is 3.48. The van der Waals surface area contributed by atoms with Crippen molar-refractivity contribution in [3.8, 4) is 6.07 Å². The van der Waals surface area contributed by atoms with Crippen molar-refractivity contribution in [3.63, 3.8) is 0 Å². The fourth-order valence-electron chi connectivity index (χ4n) is 1.60. The van der Waals surface area contributed by atoms with Crippen molar-refractivity contribution in [2.45, 2.75) is 31.6 Å². The maximum Gasteiger partial charge on any atom is 0.238 e. The van der Waals surface area contributed by atoms with Crippen LogP contribution < -0.4 is 5.14 Å². The standard InChI is InChI=1S/C11H14N2O2S/c1-3-8-6-11(16(13,14)15)9(4-2)5-10(8)7-12/h5-6H,3-4H2,1-2H3,(H2,13,14,15). The number of benzene rings is 1. The van der Waals surface area contributed by atoms with Gasteiger partial charge < -0.3 is 0 Å². The molecule has 4 nitrogen and oxygen atoms in total. The van der Waals surface area contributed by atoms with Crippen LogP contribution >= 0.6 is 0 Å². The van der Waals surface area contributed by atoms with Crippen LogP contribution in [0, 0.1) is 11.3 Å². The highest BCUT2D eigenvalue weighted by Gasteiger charge is 2.15. The van der Waals surface area contributed by atoms with Crippen LogP contribution in [-0.4, -0.2) is 8.42 Å². The summed E-state index contributed by atoms with van der Waals surface area (Å²) in [5.41, 5.74) is 1.83. The van der Waals surface area contributed by atoms with Crippen LogP contribution in [0.5, 0.6) is 0 Å². The summed E-state index contributed by atoms with van der Waals surface area (Å²) in [7, 11) is -3.71. The van der Waals surface area contributed by atoms with Crippen molar-refractivity contribution in [3.05, 3.63) is 28.8 Å². The monoisotopic (exact) mass is 238 g/mol. The minimum absolute atomic E-state index is 0.130. The molecule has 0 spiro atoms. The van der Waals surface area contributed by atoms with Gasteiger partial charge in [0.1, 0.15) is 0 Å². The van der Waals surface area contributed by atoms with E-state index in [1.54, 1.807) is 6.07 Å². The molecule has 0 heterocycles. The number of hydrogen-bond acceptors (Lipinski definition) is 3. The molecule has 0 saturated heterocycles. The van der Waals surface area contributed by atoms with Gasteiger partial charge in [-0.15, -0.1) is 0 Å². The fraction of sp³-hybridized carbons (Fsp3) is 0.364. The molecule has 0 aliphatic carbocycles. The van der Waals surface area contributed by atoms with Crippen molar-refractivity contribution in [2.75, 3.05) is 0 Å². The average Bonchev–Trinajstić information content (AvgIpc) is 2.25. The highest BCUT2D eigenvalue weighted by molar-refractivity contribution is 7.89. The maximum absolute atomic E-state index is 11.4. The van der Waals surface area contributed by atoms with Gasteiger partial charge in [-0.1, -0.05) is 13.8 Å². The number of nitriles is 1. The van der Waals surface area contributed by atoms with Gasteiger partial charge >= 0.3 is 0 Å². The van der Waals surface area contributed by atoms with Crippen molar-refractivity contribution < 1.29 is 8.42 Å². The Kier molecular flexibility index (Phi) is 3.68. The lowest BCUT2D eigenvalue weighted by molar-refractivity contribution is 0.596. The van der Waals surface area contributed by atoms with Gasteiger partial charge in [-0.25, -0.2) is 13.6 Å². The Labute approximate surface area is 95.7 Å². The van der Waals surface area contributed by atoms with E-state index in [-0.39, 0.29) is 4.90 Å². The van der Waals surface area contributed by atoms with E-state index in [1.165, 1.54) is 6.07 Å². The maximum atomic E-state index is 11.4. The summed E-state index contributed by atoms with van der Waals surface area (Å²) < 4.78 is 22.8. The van der Waals surface area contributed by atoms with E-state index < -0.39 is 10.0 Å². The van der Waals surface area contributed by atoms with E-state index in [4.69, 9.17) is 10.4 Å². The van der Waals surface area contributed by atoms with Gasteiger partial charge in [0.2, 0.25) is 10.0 Å². The number of sulfonamides is 1. The molecule has 1 aromatic rings. The first-order chi connectivity index (χ1) is 7.43. The topological polar surface area (TPSA) is 84.0 Å². The molecule has 0 bridgehead atoms. The molecule has 5 heteroatoms. The molecule has 1 rings (SSSR count). The van der Waals surface area contributed by atoms with Crippen molar-refractivity contribution in [1.29, 1.82) is 5.26 Å². The number of nitrogens with two attached hydrogens (primary N) is 1. The Morgan fingerprint density at radius 1 is 1.25 bits per heavy atom. The molecule has 0 saturated carbocycles. The Bertz CT molecular complexity index is 542. The van der Waals surface area contributed by atoms with Crippen LogP contribution in [0.1, 0.15) is 30.5 Å². The van der Waals surface area contributed by atoms with Crippen LogP contribution in [0.2, 0.25) is 0 Å². The van der Waals surface area contributed by atoms with Crippen LogP contribution in [0.4, 0.5) is 0 Å². The van der Waals surface area contributed by atoms with Gasteiger partial charge in [0.05, 0.1) is 16.5 Å². The van der Waals surface area contributed by atoms with Crippen LogP contribution in [0.25, 0.3) is 0 Å². The lowest BCUT2D eigenvalue weighted by Gasteiger charge is -2.09. The summed E-state index contributed by atoms with van der Waals surface area (Å²) in [6.07, 6.45) is 1.14. The predicted octanol–water partition coefficient (Wildman–Crippen LogP) is 1.33. The van der Waals surface area contributed by atoms with E-state index in [2.05, 4.69) is 6.07 Å². The van der Waals surface area contributed by atoms with Crippen molar-refractivity contribution in [2.24, 2.45) is 5.14 Å². The van der Waals surface area contributed by atoms with Crippen LogP contribution in [0.3, 0.4) is 0 Å². The lowest BCUT2D eigenvalue weighted by Crippen LogP contribution is -2.15. The molecular formula is C11H14N2O2S. The molecule has 2 N–H and O–H groups in total. The average molecular weight is 238 g/mol. The third-order valence-corrected chi connectivity index (χ3v) is 3.47. The van der Waals surface area contributed by atoms with E-state index >= 15 is 0 Å². The summed E-state index contributed by atoms with van der Waals surface area (Å²) in [4.78, 5) is 0.130. The molecule has 0 unspecified atom stereocenters. The third-order valence-electron chi connectivity index (χ3n) is 2.48. The minimum atomic E-state index is -3.71. The third kappa shape index (κ3) is 2.40. The predicted molar refractivity (Wildman–Crippen MR) is 61.3 cm³/mol. The molecule has 0 aromatic heterocycles. The zero-order chi connectivity index (χ0) is 12.3. The summed E-state index contributed by atoms with van der Waals surface area (Å²) >= 11 is 0. The van der Waals surface area contributed by atoms with E-state index in [9.17, 15) is 8.42 Å². The van der Waals surface area contributed by atoms with E-state index in [0.29, 0.717) is 29.5 Å². The molecule has 86 valence electrons. The van der Waals surface area contributed by atoms with Gasteiger partial charge in [0, 0.05) is 0 Å². The first kappa shape index (κ1) is 12.7. The summed E-state index contributed by atoms with van der Waals surface area (Å²) in [6, 6.07) is 5.18. The van der Waals surface area contributed by atoms with Gasteiger partial charge in [-0.3, -0.25) is 0 Å². The first-order valence-electron chi connectivity index (χ1n) is 5.02. The zero-order valence-electron chi connectivity index (χ0n) is 9.32. The molecule has 0 atom stereocenters. The quantitative estimate of drug-likeness (QED) is 0.862. The van der Waals surface area contributed by atoms with Gasteiger partial charge in [0.15, 0.2) is 0 Å². The van der Waals surface area contributed by atoms with Gasteiger partial charge in [-0.05, 0) is 36.1 Å². The Morgan fingerprint density at radius 3 is 2.19 bits per heavy atom. The number of rotatable bonds is 3. The second kappa shape index (κ2) is 4.64. The van der Waals surface area contributed by atoms with Crippen LogP contribution in [-0.2, 0) is 22.9 Å². The molecule has 16 heavy (non-hydrogen) atoms. The summed E-state index contributed by atoms with van der Waals surface area (Å²) in [5.74, 6) is 0. The number of nitrogens with zero attached hydrogens (tertiary/aromatic N) is 1.